The van der Waals surface area contributed by atoms with Gasteiger partial charge in [0.25, 0.3) is 5.91 Å². The summed E-state index contributed by atoms with van der Waals surface area (Å²) in [6.07, 6.45) is 0.516. The van der Waals surface area contributed by atoms with Crippen molar-refractivity contribution in [2.24, 2.45) is 0 Å². The van der Waals surface area contributed by atoms with Crippen LogP contribution in [0.4, 0.5) is 0 Å². The molecule has 3 rings (SSSR count). The summed E-state index contributed by atoms with van der Waals surface area (Å²) in [5.74, 6) is -0.802. The van der Waals surface area contributed by atoms with Crippen LogP contribution in [-0.4, -0.2) is 24.5 Å². The Balaban J connectivity index is 2.04. The average Bonchev–Trinajstić information content (AvgIpc) is 2.74. The number of carbonyl (C=O) groups is 2. The third kappa shape index (κ3) is 4.11. The van der Waals surface area contributed by atoms with Gasteiger partial charge in [0.2, 0.25) is 0 Å². The van der Waals surface area contributed by atoms with Gasteiger partial charge in [-0.05, 0) is 26.0 Å². The van der Waals surface area contributed by atoms with E-state index in [1.165, 1.54) is 19.1 Å². The Morgan fingerprint density at radius 2 is 1.90 bits per heavy atom. The minimum Gasteiger partial charge on any atom is -0.455 e. The molecular weight excluding hydrogens is 370 g/mol. The van der Waals surface area contributed by atoms with Gasteiger partial charge in [-0.3, -0.25) is 9.59 Å². The molecule has 0 bridgehead atoms. The maximum atomic E-state index is 12.9. The Hall–Kier alpha value is -3.67. The van der Waals surface area contributed by atoms with Gasteiger partial charge < -0.3 is 14.5 Å². The van der Waals surface area contributed by atoms with E-state index >= 15 is 0 Å². The highest BCUT2D eigenvalue weighted by atomic mass is 16.5. The number of hydrogen-bond donors (Lipinski definition) is 1. The molecule has 0 fully saturated rings. The second kappa shape index (κ2) is 8.56. The molecule has 148 valence electrons. The fraction of sp³-hybridized carbons (Fsp3) is 0.174. The van der Waals surface area contributed by atoms with E-state index in [1.807, 2.05) is 30.3 Å². The van der Waals surface area contributed by atoms with Crippen molar-refractivity contribution in [1.29, 1.82) is 0 Å². The third-order valence-electron chi connectivity index (χ3n) is 4.47. The van der Waals surface area contributed by atoms with Crippen molar-refractivity contribution in [3.63, 3.8) is 0 Å². The molecule has 6 heteroatoms. The molecule has 0 unspecified atom stereocenters. The number of rotatable bonds is 6. The summed E-state index contributed by atoms with van der Waals surface area (Å²) >= 11 is 0. The first-order valence-electron chi connectivity index (χ1n) is 9.15. The van der Waals surface area contributed by atoms with E-state index in [-0.39, 0.29) is 28.5 Å². The Labute approximate surface area is 167 Å². The zero-order valence-electron chi connectivity index (χ0n) is 16.2. The molecule has 6 nitrogen and oxygen atoms in total. The summed E-state index contributed by atoms with van der Waals surface area (Å²) in [5.41, 5.74) is 1.16. The Kier molecular flexibility index (Phi) is 5.93. The summed E-state index contributed by atoms with van der Waals surface area (Å²) in [4.78, 5) is 37.5. The van der Waals surface area contributed by atoms with Gasteiger partial charge in [0.1, 0.15) is 11.3 Å². The minimum atomic E-state index is -1.01. The molecule has 1 aromatic heterocycles. The smallest absolute Gasteiger partial charge is 0.342 e. The largest absolute Gasteiger partial charge is 0.455 e. The molecular formula is C23H21NO5. The lowest BCUT2D eigenvalue weighted by molar-refractivity contribution is -0.128. The van der Waals surface area contributed by atoms with Gasteiger partial charge in [0, 0.05) is 17.7 Å². The highest BCUT2D eigenvalue weighted by molar-refractivity contribution is 6.03. The van der Waals surface area contributed by atoms with E-state index in [0.717, 1.165) is 5.56 Å². The number of ether oxygens (including phenoxy) is 1. The minimum absolute atomic E-state index is 0.0835. The van der Waals surface area contributed by atoms with E-state index < -0.39 is 18.0 Å². The number of amides is 1. The van der Waals surface area contributed by atoms with Crippen LogP contribution in [-0.2, 0) is 9.53 Å². The molecule has 0 aliphatic rings. The number of esters is 1. The molecule has 29 heavy (non-hydrogen) atoms. The molecule has 0 aliphatic heterocycles. The normalized spacial score (nSPS) is 11.7. The third-order valence-corrected chi connectivity index (χ3v) is 4.47. The second-order valence-electron chi connectivity index (χ2n) is 6.51. The van der Waals surface area contributed by atoms with Crippen molar-refractivity contribution in [2.45, 2.75) is 20.0 Å². The zero-order chi connectivity index (χ0) is 21.0. The van der Waals surface area contributed by atoms with Crippen LogP contribution in [0.5, 0.6) is 0 Å². The fourth-order valence-corrected chi connectivity index (χ4v) is 2.93. The molecule has 1 atom stereocenters. The van der Waals surface area contributed by atoms with Gasteiger partial charge in [0.05, 0.1) is 5.39 Å². The van der Waals surface area contributed by atoms with E-state index in [1.54, 1.807) is 19.1 Å². The molecule has 1 amide bonds. The predicted molar refractivity (Wildman–Crippen MR) is 111 cm³/mol. The maximum absolute atomic E-state index is 12.9. The van der Waals surface area contributed by atoms with E-state index in [2.05, 4.69) is 11.9 Å². The number of fused-ring (bicyclic) bond motifs is 1. The number of nitrogens with one attached hydrogen (secondary N) is 1. The zero-order valence-corrected chi connectivity index (χ0v) is 16.2. The Morgan fingerprint density at radius 1 is 1.17 bits per heavy atom. The number of benzene rings is 2. The van der Waals surface area contributed by atoms with Crippen LogP contribution in [0.25, 0.3) is 22.3 Å². The highest BCUT2D eigenvalue weighted by Gasteiger charge is 2.23. The maximum Gasteiger partial charge on any atom is 0.342 e. The van der Waals surface area contributed by atoms with Crippen LogP contribution < -0.4 is 10.7 Å². The monoisotopic (exact) mass is 391 g/mol. The van der Waals surface area contributed by atoms with Crippen molar-refractivity contribution < 1.29 is 18.7 Å². The highest BCUT2D eigenvalue weighted by Crippen LogP contribution is 2.27. The molecule has 0 radical (unpaired) electrons. The number of hydrogen-bond acceptors (Lipinski definition) is 5. The topological polar surface area (TPSA) is 85.6 Å². The van der Waals surface area contributed by atoms with E-state index in [4.69, 9.17) is 9.15 Å². The van der Waals surface area contributed by atoms with Crippen LogP contribution in [0.15, 0.2) is 70.4 Å². The summed E-state index contributed by atoms with van der Waals surface area (Å²) in [7, 11) is 0. The SMILES string of the molecule is C=CCNC(=O)[C@@H](C)OC(=O)c1cccc2c(=O)c(C)c(-c3ccccc3)oc12. The van der Waals surface area contributed by atoms with Gasteiger partial charge in [-0.25, -0.2) is 4.79 Å². The lowest BCUT2D eigenvalue weighted by Gasteiger charge is -2.14. The number of para-hydroxylation sites is 1. The molecule has 0 saturated heterocycles. The van der Waals surface area contributed by atoms with Crippen molar-refractivity contribution >= 4 is 22.8 Å². The summed E-state index contributed by atoms with van der Waals surface area (Å²) in [6, 6.07) is 13.9. The molecule has 1 heterocycles. The van der Waals surface area contributed by atoms with E-state index in [0.29, 0.717) is 11.3 Å². The first-order valence-corrected chi connectivity index (χ1v) is 9.15. The predicted octanol–water partition coefficient (Wildman–Crippen LogP) is 3.62. The second-order valence-corrected chi connectivity index (χ2v) is 6.51. The molecule has 0 spiro atoms. The lowest BCUT2D eigenvalue weighted by Crippen LogP contribution is -2.35. The Morgan fingerprint density at radius 3 is 2.59 bits per heavy atom. The molecule has 0 aliphatic carbocycles. The molecule has 3 aromatic rings. The van der Waals surface area contributed by atoms with Crippen LogP contribution in [0, 0.1) is 6.92 Å². The van der Waals surface area contributed by atoms with Crippen molar-refractivity contribution in [3.05, 3.63) is 82.5 Å². The van der Waals surface area contributed by atoms with Gasteiger partial charge in [-0.1, -0.05) is 42.5 Å². The standard InChI is InChI=1S/C23H21NO5/c1-4-13-24-22(26)15(3)28-23(27)18-12-8-11-17-19(25)14(2)20(29-21(17)18)16-9-6-5-7-10-16/h4-12,15H,1,13H2,2-3H3,(H,24,26)/t15-/m1/s1. The van der Waals surface area contributed by atoms with Crippen molar-refractivity contribution in [2.75, 3.05) is 6.54 Å². The lowest BCUT2D eigenvalue weighted by atomic mass is 10.0. The summed E-state index contributed by atoms with van der Waals surface area (Å²) in [6.45, 7) is 6.94. The Bertz CT molecular complexity index is 1130. The van der Waals surface area contributed by atoms with Crippen molar-refractivity contribution in [3.8, 4) is 11.3 Å². The first kappa shape index (κ1) is 20.1. The van der Waals surface area contributed by atoms with Crippen LogP contribution in [0.3, 0.4) is 0 Å². The van der Waals surface area contributed by atoms with Gasteiger partial charge in [-0.2, -0.15) is 0 Å². The van der Waals surface area contributed by atoms with Gasteiger partial charge in [0.15, 0.2) is 17.1 Å². The average molecular weight is 391 g/mol. The molecule has 1 N–H and O–H groups in total. The van der Waals surface area contributed by atoms with Crippen LogP contribution in [0.1, 0.15) is 22.8 Å². The molecule has 2 aromatic carbocycles. The molecule has 0 saturated carbocycles. The number of carbonyl (C=O) groups excluding carboxylic acids is 2. The van der Waals surface area contributed by atoms with E-state index in [9.17, 15) is 14.4 Å². The summed E-state index contributed by atoms with van der Waals surface area (Å²) in [5, 5.41) is 2.84. The van der Waals surface area contributed by atoms with Crippen molar-refractivity contribution in [1.82, 2.24) is 5.32 Å². The first-order chi connectivity index (χ1) is 13.9. The quantitative estimate of drug-likeness (QED) is 0.512. The van der Waals surface area contributed by atoms with Gasteiger partial charge in [-0.15, -0.1) is 6.58 Å². The summed E-state index contributed by atoms with van der Waals surface area (Å²) < 4.78 is 11.3. The van der Waals surface area contributed by atoms with Crippen LogP contribution in [0.2, 0.25) is 0 Å². The van der Waals surface area contributed by atoms with Gasteiger partial charge >= 0.3 is 5.97 Å². The van der Waals surface area contributed by atoms with Crippen LogP contribution >= 0.6 is 0 Å². The fourth-order valence-electron chi connectivity index (χ4n) is 2.93.